The summed E-state index contributed by atoms with van der Waals surface area (Å²) >= 11 is 0. The Kier molecular flexibility index (Phi) is 2.83. The van der Waals surface area contributed by atoms with Gasteiger partial charge in [0.2, 0.25) is 5.16 Å². The molecule has 3 aromatic rings. The maximum atomic E-state index is 11.4. The van der Waals surface area contributed by atoms with E-state index in [0.29, 0.717) is 16.5 Å². The van der Waals surface area contributed by atoms with E-state index in [0.717, 1.165) is 11.2 Å². The lowest BCUT2D eigenvalue weighted by Gasteiger charge is -2.02. The molecule has 3 rings (SSSR count). The van der Waals surface area contributed by atoms with E-state index in [1.54, 1.807) is 29.2 Å². The largest absolute Gasteiger partial charge is 0.251 e. The standard InChI is InChI=1S/C12H11N5OS/c1-8-7-14-17-6-4-10(15-11(8)17)9-3-5-13-12(16-9)19(2)18/h3-7H,1-2H3. The lowest BCUT2D eigenvalue weighted by atomic mass is 10.3. The second-order valence-corrected chi connectivity index (χ2v) is 5.36. The fourth-order valence-electron chi connectivity index (χ4n) is 1.75. The molecule has 0 fully saturated rings. The SMILES string of the molecule is Cc1cnn2ccc(-c3ccnc(S(C)=O)n3)nc12. The quantitative estimate of drug-likeness (QED) is 0.657. The molecular weight excluding hydrogens is 262 g/mol. The molecule has 0 aromatic carbocycles. The summed E-state index contributed by atoms with van der Waals surface area (Å²) in [6.45, 7) is 1.95. The van der Waals surface area contributed by atoms with Gasteiger partial charge < -0.3 is 0 Å². The van der Waals surface area contributed by atoms with Gasteiger partial charge in [-0.3, -0.25) is 4.21 Å². The van der Waals surface area contributed by atoms with Crippen LogP contribution in [0.1, 0.15) is 5.56 Å². The van der Waals surface area contributed by atoms with Crippen molar-refractivity contribution in [2.75, 3.05) is 6.26 Å². The smallest absolute Gasteiger partial charge is 0.218 e. The van der Waals surface area contributed by atoms with Crippen molar-refractivity contribution in [3.63, 3.8) is 0 Å². The van der Waals surface area contributed by atoms with Gasteiger partial charge in [0.05, 0.1) is 28.4 Å². The van der Waals surface area contributed by atoms with Gasteiger partial charge in [-0.05, 0) is 19.1 Å². The molecule has 6 nitrogen and oxygen atoms in total. The zero-order chi connectivity index (χ0) is 13.4. The lowest BCUT2D eigenvalue weighted by molar-refractivity contribution is 0.680. The molecule has 1 unspecified atom stereocenters. The number of nitrogens with zero attached hydrogens (tertiary/aromatic N) is 5. The molecule has 19 heavy (non-hydrogen) atoms. The van der Waals surface area contributed by atoms with Crippen molar-refractivity contribution in [1.29, 1.82) is 0 Å². The molecule has 1 atom stereocenters. The van der Waals surface area contributed by atoms with Gasteiger partial charge in [0.25, 0.3) is 0 Å². The summed E-state index contributed by atoms with van der Waals surface area (Å²) in [7, 11) is -1.20. The molecule has 96 valence electrons. The van der Waals surface area contributed by atoms with Crippen LogP contribution in [0.15, 0.2) is 35.9 Å². The Morgan fingerprint density at radius 1 is 1.21 bits per heavy atom. The Balaban J connectivity index is 2.15. The molecule has 0 N–H and O–H groups in total. The minimum absolute atomic E-state index is 0.310. The highest BCUT2D eigenvalue weighted by Crippen LogP contribution is 2.16. The summed E-state index contributed by atoms with van der Waals surface area (Å²) < 4.78 is 13.1. The Hall–Kier alpha value is -2.15. The van der Waals surface area contributed by atoms with Crippen molar-refractivity contribution < 1.29 is 4.21 Å². The summed E-state index contributed by atoms with van der Waals surface area (Å²) in [5.74, 6) is 0. The van der Waals surface area contributed by atoms with Crippen molar-refractivity contribution in [3.8, 4) is 11.4 Å². The molecule has 3 heterocycles. The molecular formula is C12H11N5OS. The summed E-state index contributed by atoms with van der Waals surface area (Å²) in [6, 6.07) is 3.57. The molecule has 7 heteroatoms. The van der Waals surface area contributed by atoms with Crippen molar-refractivity contribution in [2.45, 2.75) is 12.1 Å². The van der Waals surface area contributed by atoms with Crippen LogP contribution in [0.3, 0.4) is 0 Å². The van der Waals surface area contributed by atoms with E-state index in [4.69, 9.17) is 0 Å². The monoisotopic (exact) mass is 273 g/mol. The summed E-state index contributed by atoms with van der Waals surface area (Å²) in [5, 5.41) is 4.48. The predicted molar refractivity (Wildman–Crippen MR) is 71.1 cm³/mol. The first kappa shape index (κ1) is 11.9. The van der Waals surface area contributed by atoms with Gasteiger partial charge >= 0.3 is 0 Å². The van der Waals surface area contributed by atoms with Crippen LogP contribution in [-0.2, 0) is 10.8 Å². The third kappa shape index (κ3) is 2.12. The van der Waals surface area contributed by atoms with Crippen LogP contribution in [0.5, 0.6) is 0 Å². The summed E-state index contributed by atoms with van der Waals surface area (Å²) in [4.78, 5) is 12.8. The molecule has 0 aliphatic rings. The predicted octanol–water partition coefficient (Wildman–Crippen LogP) is 1.23. The minimum Gasteiger partial charge on any atom is -0.251 e. The number of aromatic nitrogens is 5. The van der Waals surface area contributed by atoms with Crippen LogP contribution in [0, 0.1) is 6.92 Å². The molecule has 0 aliphatic heterocycles. The Bertz CT molecular complexity index is 783. The second-order valence-electron chi connectivity index (χ2n) is 4.09. The Morgan fingerprint density at radius 3 is 2.79 bits per heavy atom. The van der Waals surface area contributed by atoms with Gasteiger partial charge in [0, 0.05) is 24.2 Å². The first-order chi connectivity index (χ1) is 9.15. The normalized spacial score (nSPS) is 12.7. The van der Waals surface area contributed by atoms with E-state index in [1.165, 1.54) is 0 Å². The van der Waals surface area contributed by atoms with Crippen molar-refractivity contribution in [3.05, 3.63) is 36.3 Å². The number of hydrogen-bond donors (Lipinski definition) is 0. The molecule has 0 saturated heterocycles. The first-order valence-corrected chi connectivity index (χ1v) is 7.19. The van der Waals surface area contributed by atoms with Crippen LogP contribution < -0.4 is 0 Å². The van der Waals surface area contributed by atoms with Crippen molar-refractivity contribution in [2.24, 2.45) is 0 Å². The molecule has 0 spiro atoms. The fourth-order valence-corrected chi connectivity index (χ4v) is 2.18. The zero-order valence-electron chi connectivity index (χ0n) is 10.4. The number of fused-ring (bicyclic) bond motifs is 1. The average molecular weight is 273 g/mol. The van der Waals surface area contributed by atoms with Gasteiger partial charge in [0.1, 0.15) is 0 Å². The zero-order valence-corrected chi connectivity index (χ0v) is 11.3. The van der Waals surface area contributed by atoms with Gasteiger partial charge in [-0.15, -0.1) is 0 Å². The highest BCUT2D eigenvalue weighted by Gasteiger charge is 2.08. The van der Waals surface area contributed by atoms with E-state index in [2.05, 4.69) is 20.1 Å². The number of aryl methyl sites for hydroxylation is 1. The molecule has 0 saturated carbocycles. The van der Waals surface area contributed by atoms with Gasteiger partial charge in [0.15, 0.2) is 5.65 Å². The van der Waals surface area contributed by atoms with Crippen LogP contribution in [0.25, 0.3) is 17.0 Å². The van der Waals surface area contributed by atoms with E-state index >= 15 is 0 Å². The van der Waals surface area contributed by atoms with Crippen molar-refractivity contribution >= 4 is 16.4 Å². The fraction of sp³-hybridized carbons (Fsp3) is 0.167. The van der Waals surface area contributed by atoms with E-state index in [-0.39, 0.29) is 0 Å². The highest BCUT2D eigenvalue weighted by atomic mass is 32.2. The molecule has 3 aromatic heterocycles. The van der Waals surface area contributed by atoms with E-state index < -0.39 is 10.8 Å². The summed E-state index contributed by atoms with van der Waals surface area (Å²) in [6.07, 6.45) is 6.74. The molecule has 0 aliphatic carbocycles. The molecule has 0 bridgehead atoms. The third-order valence-corrected chi connectivity index (χ3v) is 3.41. The second kappa shape index (κ2) is 4.51. The highest BCUT2D eigenvalue weighted by molar-refractivity contribution is 7.84. The topological polar surface area (TPSA) is 73.0 Å². The van der Waals surface area contributed by atoms with Crippen LogP contribution >= 0.6 is 0 Å². The third-order valence-electron chi connectivity index (χ3n) is 2.70. The lowest BCUT2D eigenvalue weighted by Crippen LogP contribution is -1.99. The maximum absolute atomic E-state index is 11.4. The first-order valence-electron chi connectivity index (χ1n) is 5.63. The van der Waals surface area contributed by atoms with Crippen molar-refractivity contribution in [1.82, 2.24) is 24.6 Å². The minimum atomic E-state index is -1.20. The number of rotatable bonds is 2. The average Bonchev–Trinajstić information content (AvgIpc) is 2.80. The van der Waals surface area contributed by atoms with Crippen LogP contribution in [0.4, 0.5) is 0 Å². The Labute approximate surface area is 112 Å². The van der Waals surface area contributed by atoms with Gasteiger partial charge in [-0.1, -0.05) is 0 Å². The van der Waals surface area contributed by atoms with E-state index in [9.17, 15) is 4.21 Å². The molecule has 0 radical (unpaired) electrons. The van der Waals surface area contributed by atoms with Crippen LogP contribution in [0.2, 0.25) is 0 Å². The number of hydrogen-bond acceptors (Lipinski definition) is 5. The summed E-state index contributed by atoms with van der Waals surface area (Å²) in [5.41, 5.74) is 3.15. The maximum Gasteiger partial charge on any atom is 0.218 e. The van der Waals surface area contributed by atoms with Gasteiger partial charge in [-0.2, -0.15) is 5.10 Å². The Morgan fingerprint density at radius 2 is 2.00 bits per heavy atom. The van der Waals surface area contributed by atoms with Gasteiger partial charge in [-0.25, -0.2) is 19.5 Å². The molecule has 0 amide bonds. The van der Waals surface area contributed by atoms with Crippen LogP contribution in [-0.4, -0.2) is 35.0 Å². The van der Waals surface area contributed by atoms with E-state index in [1.807, 2.05) is 19.2 Å².